The number of amides is 1. The van der Waals surface area contributed by atoms with Crippen LogP contribution in [0.3, 0.4) is 0 Å². The van der Waals surface area contributed by atoms with Gasteiger partial charge in [0.2, 0.25) is 10.0 Å². The molecular weight excluding hydrogens is 336 g/mol. The Bertz CT molecular complexity index is 858. The van der Waals surface area contributed by atoms with Crippen molar-refractivity contribution in [1.82, 2.24) is 4.72 Å². The van der Waals surface area contributed by atoms with Gasteiger partial charge in [-0.25, -0.2) is 13.1 Å². The SMILES string of the molecule is CC(C)NS(=O)(=O)c1cccc(C(=O)Nc2cccc(C(C)C)c2)c1. The fourth-order valence-electron chi connectivity index (χ4n) is 2.36. The quantitative estimate of drug-likeness (QED) is 0.824. The van der Waals surface area contributed by atoms with Gasteiger partial charge in [0.05, 0.1) is 4.90 Å². The Morgan fingerprint density at radius 2 is 1.64 bits per heavy atom. The maximum atomic E-state index is 12.5. The standard InChI is InChI=1S/C19H24N2O3S/c1-13(2)15-7-5-9-17(11-15)20-19(22)16-8-6-10-18(12-16)25(23,24)21-14(3)4/h5-14,21H,1-4H3,(H,20,22). The van der Waals surface area contributed by atoms with E-state index < -0.39 is 10.0 Å². The van der Waals surface area contributed by atoms with Gasteiger partial charge in [-0.1, -0.05) is 32.0 Å². The van der Waals surface area contributed by atoms with Gasteiger partial charge in [-0.3, -0.25) is 4.79 Å². The molecule has 0 aromatic heterocycles. The maximum Gasteiger partial charge on any atom is 0.255 e. The summed E-state index contributed by atoms with van der Waals surface area (Å²) in [6, 6.07) is 13.4. The fourth-order valence-corrected chi connectivity index (χ4v) is 3.66. The van der Waals surface area contributed by atoms with Gasteiger partial charge in [-0.15, -0.1) is 0 Å². The first-order valence-electron chi connectivity index (χ1n) is 8.23. The van der Waals surface area contributed by atoms with Crippen LogP contribution in [0.2, 0.25) is 0 Å². The van der Waals surface area contributed by atoms with Crippen molar-refractivity contribution in [2.75, 3.05) is 5.32 Å². The molecule has 0 saturated heterocycles. The summed E-state index contributed by atoms with van der Waals surface area (Å²) in [5.41, 5.74) is 2.10. The van der Waals surface area contributed by atoms with Crippen LogP contribution in [-0.4, -0.2) is 20.4 Å². The van der Waals surface area contributed by atoms with Crippen molar-refractivity contribution in [3.8, 4) is 0 Å². The number of benzene rings is 2. The average Bonchev–Trinajstić information content (AvgIpc) is 2.54. The Hall–Kier alpha value is -2.18. The number of hydrogen-bond donors (Lipinski definition) is 2. The zero-order chi connectivity index (χ0) is 18.6. The Kier molecular flexibility index (Phi) is 5.98. The van der Waals surface area contributed by atoms with E-state index in [-0.39, 0.29) is 16.8 Å². The van der Waals surface area contributed by atoms with Crippen LogP contribution in [-0.2, 0) is 10.0 Å². The molecule has 0 aliphatic rings. The van der Waals surface area contributed by atoms with Crippen molar-refractivity contribution in [1.29, 1.82) is 0 Å². The molecule has 5 nitrogen and oxygen atoms in total. The molecule has 2 rings (SSSR count). The smallest absolute Gasteiger partial charge is 0.255 e. The van der Waals surface area contributed by atoms with Crippen LogP contribution in [0.4, 0.5) is 5.69 Å². The molecule has 0 bridgehead atoms. The molecule has 0 radical (unpaired) electrons. The van der Waals surface area contributed by atoms with Crippen molar-refractivity contribution in [2.24, 2.45) is 0 Å². The summed E-state index contributed by atoms with van der Waals surface area (Å²) in [6.07, 6.45) is 0. The summed E-state index contributed by atoms with van der Waals surface area (Å²) in [7, 11) is -3.64. The molecule has 1 amide bonds. The van der Waals surface area contributed by atoms with Crippen LogP contribution in [0.25, 0.3) is 0 Å². The molecule has 134 valence electrons. The Morgan fingerprint density at radius 3 is 2.28 bits per heavy atom. The highest BCUT2D eigenvalue weighted by Crippen LogP contribution is 2.19. The Morgan fingerprint density at radius 1 is 0.960 bits per heavy atom. The lowest BCUT2D eigenvalue weighted by atomic mass is 10.0. The van der Waals surface area contributed by atoms with Crippen LogP contribution < -0.4 is 10.0 Å². The second-order valence-electron chi connectivity index (χ2n) is 6.54. The molecule has 2 N–H and O–H groups in total. The topological polar surface area (TPSA) is 75.3 Å². The number of anilines is 1. The number of carbonyl (C=O) groups is 1. The van der Waals surface area contributed by atoms with Crippen LogP contribution in [0.1, 0.15) is 49.5 Å². The molecule has 0 saturated carbocycles. The molecule has 0 spiro atoms. The van der Waals surface area contributed by atoms with Gasteiger partial charge in [0.1, 0.15) is 0 Å². The van der Waals surface area contributed by atoms with E-state index in [0.717, 1.165) is 5.56 Å². The largest absolute Gasteiger partial charge is 0.322 e. The van der Waals surface area contributed by atoms with Crippen molar-refractivity contribution < 1.29 is 13.2 Å². The minimum Gasteiger partial charge on any atom is -0.322 e. The number of nitrogens with one attached hydrogen (secondary N) is 2. The molecular formula is C19H24N2O3S. The third-order valence-corrected chi connectivity index (χ3v) is 5.26. The summed E-state index contributed by atoms with van der Waals surface area (Å²) >= 11 is 0. The highest BCUT2D eigenvalue weighted by Gasteiger charge is 2.17. The Balaban J connectivity index is 2.23. The lowest BCUT2D eigenvalue weighted by Gasteiger charge is -2.12. The number of hydrogen-bond acceptors (Lipinski definition) is 3. The van der Waals surface area contributed by atoms with Crippen LogP contribution in [0.15, 0.2) is 53.4 Å². The molecule has 2 aromatic rings. The fraction of sp³-hybridized carbons (Fsp3) is 0.316. The first-order chi connectivity index (χ1) is 11.7. The zero-order valence-electron chi connectivity index (χ0n) is 14.9. The molecule has 2 aromatic carbocycles. The summed E-state index contributed by atoms with van der Waals surface area (Å²) in [4.78, 5) is 12.5. The van der Waals surface area contributed by atoms with Crippen LogP contribution in [0, 0.1) is 0 Å². The van der Waals surface area contributed by atoms with Crippen molar-refractivity contribution in [3.63, 3.8) is 0 Å². The van der Waals surface area contributed by atoms with Gasteiger partial charge >= 0.3 is 0 Å². The molecule has 6 heteroatoms. The van der Waals surface area contributed by atoms with Gasteiger partial charge in [0, 0.05) is 17.3 Å². The summed E-state index contributed by atoms with van der Waals surface area (Å²) in [6.45, 7) is 7.65. The van der Waals surface area contributed by atoms with Crippen LogP contribution >= 0.6 is 0 Å². The van der Waals surface area contributed by atoms with E-state index >= 15 is 0 Å². The monoisotopic (exact) mass is 360 g/mol. The number of sulfonamides is 1. The average molecular weight is 360 g/mol. The highest BCUT2D eigenvalue weighted by molar-refractivity contribution is 7.89. The van der Waals surface area contributed by atoms with E-state index in [1.165, 1.54) is 12.1 Å². The van der Waals surface area contributed by atoms with E-state index in [2.05, 4.69) is 23.9 Å². The normalized spacial score (nSPS) is 11.8. The highest BCUT2D eigenvalue weighted by atomic mass is 32.2. The summed E-state index contributed by atoms with van der Waals surface area (Å²) < 4.78 is 27.0. The van der Waals surface area contributed by atoms with Gasteiger partial charge < -0.3 is 5.32 Å². The minimum atomic E-state index is -3.64. The predicted molar refractivity (Wildman–Crippen MR) is 100 cm³/mol. The molecule has 0 aliphatic heterocycles. The van der Waals surface area contributed by atoms with Gasteiger partial charge in [0.15, 0.2) is 0 Å². The van der Waals surface area contributed by atoms with E-state index in [1.807, 2.05) is 24.3 Å². The van der Waals surface area contributed by atoms with Crippen LogP contribution in [0.5, 0.6) is 0 Å². The lowest BCUT2D eigenvalue weighted by molar-refractivity contribution is 0.102. The lowest BCUT2D eigenvalue weighted by Crippen LogP contribution is -2.30. The number of rotatable bonds is 6. The first kappa shape index (κ1) is 19.1. The minimum absolute atomic E-state index is 0.0739. The van der Waals surface area contributed by atoms with Gasteiger partial charge in [-0.2, -0.15) is 0 Å². The van der Waals surface area contributed by atoms with E-state index in [0.29, 0.717) is 17.2 Å². The molecule has 0 heterocycles. The molecule has 0 fully saturated rings. The van der Waals surface area contributed by atoms with Crippen molar-refractivity contribution in [3.05, 3.63) is 59.7 Å². The van der Waals surface area contributed by atoms with E-state index in [4.69, 9.17) is 0 Å². The summed E-state index contributed by atoms with van der Waals surface area (Å²) in [5.74, 6) is 0.00920. The molecule has 25 heavy (non-hydrogen) atoms. The van der Waals surface area contributed by atoms with Gasteiger partial charge in [0.25, 0.3) is 5.91 Å². The zero-order valence-corrected chi connectivity index (χ0v) is 15.7. The van der Waals surface area contributed by atoms with E-state index in [9.17, 15) is 13.2 Å². The molecule has 0 aliphatic carbocycles. The third kappa shape index (κ3) is 5.14. The molecule has 0 unspecified atom stereocenters. The van der Waals surface area contributed by atoms with Crippen molar-refractivity contribution in [2.45, 2.75) is 44.6 Å². The van der Waals surface area contributed by atoms with Crippen molar-refractivity contribution >= 4 is 21.6 Å². The summed E-state index contributed by atoms with van der Waals surface area (Å²) in [5, 5.41) is 2.82. The Labute approximate surface area is 149 Å². The third-order valence-electron chi connectivity index (χ3n) is 3.61. The second kappa shape index (κ2) is 7.80. The van der Waals surface area contributed by atoms with E-state index in [1.54, 1.807) is 26.0 Å². The first-order valence-corrected chi connectivity index (χ1v) is 9.71. The molecule has 0 atom stereocenters. The number of carbonyl (C=O) groups excluding carboxylic acids is 1. The van der Waals surface area contributed by atoms with Gasteiger partial charge in [-0.05, 0) is 55.7 Å². The maximum absolute atomic E-state index is 12.5. The second-order valence-corrected chi connectivity index (χ2v) is 8.25. The predicted octanol–water partition coefficient (Wildman–Crippen LogP) is 3.75.